The van der Waals surface area contributed by atoms with Crippen LogP contribution in [0.5, 0.6) is 17.2 Å². The highest BCUT2D eigenvalue weighted by Gasteiger charge is 2.15. The van der Waals surface area contributed by atoms with Gasteiger partial charge in [0.05, 0.1) is 5.69 Å². The molecule has 0 spiro atoms. The lowest BCUT2D eigenvalue weighted by Crippen LogP contribution is -2.28. The molecule has 0 unspecified atom stereocenters. The summed E-state index contributed by atoms with van der Waals surface area (Å²) in [4.78, 5) is 16.9. The highest BCUT2D eigenvalue weighted by atomic mass is 32.1. The van der Waals surface area contributed by atoms with Crippen molar-refractivity contribution in [2.75, 3.05) is 13.4 Å². The van der Waals surface area contributed by atoms with E-state index in [2.05, 4.69) is 5.32 Å². The number of fused-ring (bicyclic) bond motifs is 1. The molecule has 2 heterocycles. The fourth-order valence-corrected chi connectivity index (χ4v) is 4.23. The summed E-state index contributed by atoms with van der Waals surface area (Å²) in [5, 5.41) is 5.86. The number of hydrogen-bond donors (Lipinski definition) is 1. The predicted molar refractivity (Wildman–Crippen MR) is 128 cm³/mol. The topological polar surface area (TPSA) is 69.7 Å². The zero-order valence-corrected chi connectivity index (χ0v) is 18.9. The molecule has 1 amide bonds. The normalized spacial score (nSPS) is 11.9. The maximum absolute atomic E-state index is 12.1. The van der Waals surface area contributed by atoms with Gasteiger partial charge >= 0.3 is 0 Å². The first kappa shape index (κ1) is 21.0. The van der Waals surface area contributed by atoms with Crippen molar-refractivity contribution in [2.45, 2.75) is 13.5 Å². The summed E-state index contributed by atoms with van der Waals surface area (Å²) in [7, 11) is 0. The summed E-state index contributed by atoms with van der Waals surface area (Å²) in [6.07, 6.45) is 0. The molecule has 6 nitrogen and oxygen atoms in total. The van der Waals surface area contributed by atoms with Gasteiger partial charge < -0.3 is 19.5 Å². The Bertz CT molecular complexity index is 1270. The third-order valence-corrected chi connectivity index (χ3v) is 6.15. The van der Waals surface area contributed by atoms with Crippen molar-refractivity contribution in [3.05, 3.63) is 83.2 Å². The van der Waals surface area contributed by atoms with Crippen LogP contribution in [0.3, 0.4) is 0 Å². The molecule has 1 aliphatic heterocycles. The third-order valence-electron chi connectivity index (χ3n) is 5.25. The van der Waals surface area contributed by atoms with Gasteiger partial charge in [0, 0.05) is 23.1 Å². The number of rotatable bonds is 7. The van der Waals surface area contributed by atoms with Crippen molar-refractivity contribution in [1.29, 1.82) is 0 Å². The fourth-order valence-electron chi connectivity index (χ4n) is 3.40. The van der Waals surface area contributed by atoms with E-state index >= 15 is 0 Å². The largest absolute Gasteiger partial charge is 0.484 e. The molecule has 1 aliphatic rings. The van der Waals surface area contributed by atoms with Gasteiger partial charge in [0.1, 0.15) is 10.8 Å². The standard InChI is InChI=1S/C26H22N2O4S/c1-17-2-9-21(10-3-17)30-14-25(29)27-13-18-4-6-19(7-5-18)26-28-22(15-33-26)20-8-11-23-24(12-20)32-16-31-23/h2-12,15H,13-14,16H2,1H3,(H,27,29). The summed E-state index contributed by atoms with van der Waals surface area (Å²) in [6, 6.07) is 21.5. The van der Waals surface area contributed by atoms with Crippen LogP contribution in [0.4, 0.5) is 0 Å². The van der Waals surface area contributed by atoms with E-state index in [4.69, 9.17) is 19.2 Å². The van der Waals surface area contributed by atoms with Gasteiger partial charge in [0.15, 0.2) is 18.1 Å². The monoisotopic (exact) mass is 458 g/mol. The number of nitrogens with zero attached hydrogens (tertiary/aromatic N) is 1. The van der Waals surface area contributed by atoms with Crippen LogP contribution in [0.15, 0.2) is 72.1 Å². The number of aryl methyl sites for hydroxylation is 1. The number of aromatic nitrogens is 1. The van der Waals surface area contributed by atoms with Gasteiger partial charge in [-0.05, 0) is 42.8 Å². The summed E-state index contributed by atoms with van der Waals surface area (Å²) < 4.78 is 16.4. The van der Waals surface area contributed by atoms with Gasteiger partial charge in [-0.3, -0.25) is 4.79 Å². The van der Waals surface area contributed by atoms with Crippen LogP contribution < -0.4 is 19.5 Å². The van der Waals surface area contributed by atoms with Crippen molar-refractivity contribution in [3.63, 3.8) is 0 Å². The van der Waals surface area contributed by atoms with Crippen LogP contribution in [-0.4, -0.2) is 24.3 Å². The number of nitrogens with one attached hydrogen (secondary N) is 1. The molecular weight excluding hydrogens is 436 g/mol. The molecule has 33 heavy (non-hydrogen) atoms. The summed E-state index contributed by atoms with van der Waals surface area (Å²) >= 11 is 1.59. The maximum Gasteiger partial charge on any atom is 0.258 e. The zero-order valence-electron chi connectivity index (χ0n) is 18.0. The minimum atomic E-state index is -0.159. The van der Waals surface area contributed by atoms with Gasteiger partial charge in [-0.15, -0.1) is 11.3 Å². The Kier molecular flexibility index (Phi) is 5.95. The number of thiazole rings is 1. The Balaban J connectivity index is 1.16. The second kappa shape index (κ2) is 9.34. The minimum Gasteiger partial charge on any atom is -0.484 e. The second-order valence-corrected chi connectivity index (χ2v) is 8.54. The Hall–Kier alpha value is -3.84. The average molecular weight is 459 g/mol. The highest BCUT2D eigenvalue weighted by molar-refractivity contribution is 7.13. The van der Waals surface area contributed by atoms with Crippen molar-refractivity contribution < 1.29 is 19.0 Å². The lowest BCUT2D eigenvalue weighted by Gasteiger charge is -2.08. The lowest BCUT2D eigenvalue weighted by atomic mass is 10.1. The van der Waals surface area contributed by atoms with Crippen LogP contribution in [0.2, 0.25) is 0 Å². The van der Waals surface area contributed by atoms with Crippen LogP contribution >= 0.6 is 11.3 Å². The second-order valence-electron chi connectivity index (χ2n) is 7.68. The van der Waals surface area contributed by atoms with Crippen LogP contribution in [-0.2, 0) is 11.3 Å². The number of benzene rings is 3. The van der Waals surface area contributed by atoms with E-state index in [1.807, 2.05) is 79.0 Å². The molecule has 1 N–H and O–H groups in total. The number of ether oxygens (including phenoxy) is 3. The molecule has 0 saturated heterocycles. The molecule has 0 bridgehead atoms. The van der Waals surface area contributed by atoms with Gasteiger partial charge in [-0.25, -0.2) is 4.98 Å². The lowest BCUT2D eigenvalue weighted by molar-refractivity contribution is -0.123. The SMILES string of the molecule is Cc1ccc(OCC(=O)NCc2ccc(-c3nc(-c4ccc5c(c4)OCO5)cs3)cc2)cc1. The zero-order chi connectivity index (χ0) is 22.6. The molecule has 0 radical (unpaired) electrons. The van der Waals surface area contributed by atoms with E-state index < -0.39 is 0 Å². The Labute approximate surface area is 195 Å². The quantitative estimate of drug-likeness (QED) is 0.412. The van der Waals surface area contributed by atoms with E-state index in [1.165, 1.54) is 0 Å². The first-order chi connectivity index (χ1) is 16.1. The number of carbonyl (C=O) groups is 1. The molecule has 1 aromatic heterocycles. The molecule has 5 rings (SSSR count). The number of hydrogen-bond acceptors (Lipinski definition) is 6. The molecule has 7 heteroatoms. The maximum atomic E-state index is 12.1. The average Bonchev–Trinajstić information content (AvgIpc) is 3.52. The highest BCUT2D eigenvalue weighted by Crippen LogP contribution is 2.37. The van der Waals surface area contributed by atoms with Gasteiger partial charge in [0.25, 0.3) is 5.91 Å². The third kappa shape index (κ3) is 4.99. The van der Waals surface area contributed by atoms with Crippen LogP contribution in [0.25, 0.3) is 21.8 Å². The Morgan fingerprint density at radius 3 is 2.58 bits per heavy atom. The molecule has 3 aromatic carbocycles. The van der Waals surface area contributed by atoms with E-state index in [0.717, 1.165) is 44.5 Å². The molecule has 166 valence electrons. The van der Waals surface area contributed by atoms with Crippen LogP contribution in [0, 0.1) is 6.92 Å². The molecular formula is C26H22N2O4S. The molecule has 0 atom stereocenters. The summed E-state index contributed by atoms with van der Waals surface area (Å²) in [6.45, 7) is 2.70. The predicted octanol–water partition coefficient (Wildman–Crippen LogP) is 5.21. The van der Waals surface area contributed by atoms with Crippen molar-refractivity contribution in [1.82, 2.24) is 10.3 Å². The van der Waals surface area contributed by atoms with Gasteiger partial charge in [-0.2, -0.15) is 0 Å². The molecule has 0 aliphatic carbocycles. The molecule has 0 saturated carbocycles. The minimum absolute atomic E-state index is 0.0110. The van der Waals surface area contributed by atoms with Crippen molar-refractivity contribution >= 4 is 17.2 Å². The van der Waals surface area contributed by atoms with E-state index in [1.54, 1.807) is 11.3 Å². The summed E-state index contributed by atoms with van der Waals surface area (Å²) in [5.41, 5.74) is 5.09. The van der Waals surface area contributed by atoms with Crippen molar-refractivity contribution in [2.24, 2.45) is 0 Å². The van der Waals surface area contributed by atoms with Crippen LogP contribution in [0.1, 0.15) is 11.1 Å². The first-order valence-electron chi connectivity index (χ1n) is 10.5. The smallest absolute Gasteiger partial charge is 0.258 e. The van der Waals surface area contributed by atoms with E-state index in [0.29, 0.717) is 12.3 Å². The number of amides is 1. The fraction of sp³-hybridized carbons (Fsp3) is 0.154. The summed E-state index contributed by atoms with van der Waals surface area (Å²) in [5.74, 6) is 2.04. The van der Waals surface area contributed by atoms with Gasteiger partial charge in [-0.1, -0.05) is 42.0 Å². The first-order valence-corrected chi connectivity index (χ1v) is 11.4. The molecule has 0 fully saturated rings. The van der Waals surface area contributed by atoms with E-state index in [-0.39, 0.29) is 19.3 Å². The number of carbonyl (C=O) groups excluding carboxylic acids is 1. The Morgan fingerprint density at radius 2 is 1.76 bits per heavy atom. The Morgan fingerprint density at radius 1 is 1.00 bits per heavy atom. The molecule has 4 aromatic rings. The van der Waals surface area contributed by atoms with Crippen molar-refractivity contribution in [3.8, 4) is 39.1 Å². The van der Waals surface area contributed by atoms with E-state index in [9.17, 15) is 4.79 Å². The van der Waals surface area contributed by atoms with Gasteiger partial charge in [0.2, 0.25) is 6.79 Å².